The molecule has 0 fully saturated rings. The third kappa shape index (κ3) is 2.11. The average molecular weight is 270 g/mol. The van der Waals surface area contributed by atoms with Crippen molar-refractivity contribution in [2.75, 3.05) is 12.3 Å². The Hall–Kier alpha value is -2.76. The van der Waals surface area contributed by atoms with Crippen molar-refractivity contribution in [3.8, 4) is 23.0 Å². The summed E-state index contributed by atoms with van der Waals surface area (Å²) in [5.41, 5.74) is 8.01. The zero-order valence-corrected chi connectivity index (χ0v) is 10.9. The Morgan fingerprint density at radius 1 is 1.25 bits per heavy atom. The zero-order valence-electron chi connectivity index (χ0n) is 10.9. The van der Waals surface area contributed by atoms with Crippen molar-refractivity contribution in [3.63, 3.8) is 0 Å². The number of phenolic OH excluding ortho intramolecular Hbond substituents is 1. The molecule has 2 heterocycles. The second-order valence-electron chi connectivity index (χ2n) is 4.32. The van der Waals surface area contributed by atoms with E-state index in [0.717, 1.165) is 5.52 Å². The molecule has 102 valence electrons. The topological polar surface area (TPSA) is 97.0 Å². The van der Waals surface area contributed by atoms with E-state index in [-0.39, 0.29) is 5.75 Å². The third-order valence-electron chi connectivity index (χ3n) is 2.89. The Balaban J connectivity index is 2.08. The molecule has 6 nitrogen and oxygen atoms in total. The maximum Gasteiger partial charge on any atom is 0.215 e. The standard InChI is InChI=1S/C14H14N4O2/c1-2-20-12-6-5-10-14(17-12)18-13(16-10)9-4-3-8(15)7-11(9)19/h3-7,19H,2,15H2,1H3,(H,16,17,18). The summed E-state index contributed by atoms with van der Waals surface area (Å²) in [6.07, 6.45) is 0. The molecule has 0 bridgehead atoms. The first-order chi connectivity index (χ1) is 9.67. The van der Waals surface area contributed by atoms with E-state index in [1.807, 2.05) is 13.0 Å². The number of nitrogens with one attached hydrogen (secondary N) is 1. The van der Waals surface area contributed by atoms with Crippen LogP contribution in [-0.4, -0.2) is 26.7 Å². The van der Waals surface area contributed by atoms with E-state index in [2.05, 4.69) is 15.0 Å². The number of phenols is 1. The van der Waals surface area contributed by atoms with Crippen LogP contribution in [0.15, 0.2) is 30.3 Å². The van der Waals surface area contributed by atoms with Gasteiger partial charge in [-0.15, -0.1) is 0 Å². The SMILES string of the molecule is CCOc1ccc2[nH]c(-c3ccc(N)cc3O)nc2n1. The van der Waals surface area contributed by atoms with E-state index in [9.17, 15) is 5.11 Å². The molecule has 0 spiro atoms. The molecule has 0 radical (unpaired) electrons. The summed E-state index contributed by atoms with van der Waals surface area (Å²) in [5, 5.41) is 9.92. The number of aromatic amines is 1. The number of aromatic nitrogens is 3. The minimum absolute atomic E-state index is 0.0779. The number of fused-ring (bicyclic) bond motifs is 1. The van der Waals surface area contributed by atoms with Gasteiger partial charge in [-0.2, -0.15) is 4.98 Å². The molecular formula is C14H14N4O2. The lowest BCUT2D eigenvalue weighted by Crippen LogP contribution is -1.93. The molecule has 0 atom stereocenters. The predicted octanol–water partition coefficient (Wildman–Crippen LogP) is 2.31. The number of nitrogens with two attached hydrogens (primary N) is 1. The highest BCUT2D eigenvalue weighted by Crippen LogP contribution is 2.30. The Morgan fingerprint density at radius 3 is 2.85 bits per heavy atom. The van der Waals surface area contributed by atoms with Crippen molar-refractivity contribution >= 4 is 16.9 Å². The number of hydrogen-bond acceptors (Lipinski definition) is 5. The van der Waals surface area contributed by atoms with Crippen molar-refractivity contribution in [3.05, 3.63) is 30.3 Å². The van der Waals surface area contributed by atoms with Gasteiger partial charge in [0.25, 0.3) is 0 Å². The molecule has 0 unspecified atom stereocenters. The average Bonchev–Trinajstić information content (AvgIpc) is 2.81. The fourth-order valence-electron chi connectivity index (χ4n) is 1.98. The van der Waals surface area contributed by atoms with Crippen molar-refractivity contribution in [1.82, 2.24) is 15.0 Å². The molecule has 3 aromatic rings. The number of benzene rings is 1. The molecule has 0 amide bonds. The zero-order chi connectivity index (χ0) is 14.1. The highest BCUT2D eigenvalue weighted by molar-refractivity contribution is 5.78. The van der Waals surface area contributed by atoms with Gasteiger partial charge >= 0.3 is 0 Å². The third-order valence-corrected chi connectivity index (χ3v) is 2.89. The van der Waals surface area contributed by atoms with Gasteiger partial charge in [0.15, 0.2) is 5.65 Å². The minimum Gasteiger partial charge on any atom is -0.507 e. The molecule has 20 heavy (non-hydrogen) atoms. The monoisotopic (exact) mass is 270 g/mol. The van der Waals surface area contributed by atoms with Gasteiger partial charge in [0.05, 0.1) is 17.7 Å². The summed E-state index contributed by atoms with van der Waals surface area (Å²) in [4.78, 5) is 11.8. The predicted molar refractivity (Wildman–Crippen MR) is 76.6 cm³/mol. The molecule has 4 N–H and O–H groups in total. The Bertz CT molecular complexity index is 767. The van der Waals surface area contributed by atoms with Gasteiger partial charge in [-0.05, 0) is 25.1 Å². The number of anilines is 1. The number of aromatic hydroxyl groups is 1. The molecule has 0 aliphatic rings. The van der Waals surface area contributed by atoms with E-state index in [4.69, 9.17) is 10.5 Å². The van der Waals surface area contributed by atoms with Crippen LogP contribution < -0.4 is 10.5 Å². The van der Waals surface area contributed by atoms with Gasteiger partial charge in [-0.3, -0.25) is 0 Å². The highest BCUT2D eigenvalue weighted by atomic mass is 16.5. The van der Waals surface area contributed by atoms with Gasteiger partial charge < -0.3 is 20.6 Å². The van der Waals surface area contributed by atoms with Gasteiger partial charge in [0.2, 0.25) is 5.88 Å². The van der Waals surface area contributed by atoms with E-state index in [1.54, 1.807) is 18.2 Å². The molecule has 0 saturated heterocycles. The van der Waals surface area contributed by atoms with Crippen molar-refractivity contribution in [2.45, 2.75) is 6.92 Å². The van der Waals surface area contributed by atoms with E-state index < -0.39 is 0 Å². The van der Waals surface area contributed by atoms with Gasteiger partial charge in [-0.25, -0.2) is 4.98 Å². The van der Waals surface area contributed by atoms with Crippen molar-refractivity contribution in [2.24, 2.45) is 0 Å². The van der Waals surface area contributed by atoms with Gasteiger partial charge in [-0.1, -0.05) is 0 Å². The van der Waals surface area contributed by atoms with Crippen LogP contribution in [-0.2, 0) is 0 Å². The number of nitrogens with zero attached hydrogens (tertiary/aromatic N) is 2. The summed E-state index contributed by atoms with van der Waals surface area (Å²) in [7, 11) is 0. The summed E-state index contributed by atoms with van der Waals surface area (Å²) < 4.78 is 5.34. The fourth-order valence-corrected chi connectivity index (χ4v) is 1.98. The highest BCUT2D eigenvalue weighted by Gasteiger charge is 2.11. The minimum atomic E-state index is 0.0779. The van der Waals surface area contributed by atoms with Crippen LogP contribution in [0.3, 0.4) is 0 Å². The van der Waals surface area contributed by atoms with Crippen LogP contribution in [0.5, 0.6) is 11.6 Å². The van der Waals surface area contributed by atoms with E-state index in [1.165, 1.54) is 6.07 Å². The summed E-state index contributed by atoms with van der Waals surface area (Å²) in [6, 6.07) is 8.53. The van der Waals surface area contributed by atoms with E-state index in [0.29, 0.717) is 35.2 Å². The number of H-pyrrole nitrogens is 1. The number of pyridine rings is 1. The lowest BCUT2D eigenvalue weighted by Gasteiger charge is -2.01. The molecule has 0 aliphatic carbocycles. The molecular weight excluding hydrogens is 256 g/mol. The number of nitrogen functional groups attached to an aromatic ring is 1. The van der Waals surface area contributed by atoms with Gasteiger partial charge in [0.1, 0.15) is 11.6 Å². The maximum absolute atomic E-state index is 9.92. The first-order valence-electron chi connectivity index (χ1n) is 6.26. The number of ether oxygens (including phenoxy) is 1. The van der Waals surface area contributed by atoms with Crippen LogP contribution in [0, 0.1) is 0 Å². The van der Waals surface area contributed by atoms with Crippen LogP contribution in [0.4, 0.5) is 5.69 Å². The van der Waals surface area contributed by atoms with E-state index >= 15 is 0 Å². The summed E-state index contributed by atoms with van der Waals surface area (Å²) >= 11 is 0. The number of rotatable bonds is 3. The first kappa shape index (κ1) is 12.3. The molecule has 6 heteroatoms. The van der Waals surface area contributed by atoms with Crippen molar-refractivity contribution in [1.29, 1.82) is 0 Å². The molecule has 2 aromatic heterocycles. The smallest absolute Gasteiger partial charge is 0.215 e. The largest absolute Gasteiger partial charge is 0.507 e. The fraction of sp³-hybridized carbons (Fsp3) is 0.143. The second-order valence-corrected chi connectivity index (χ2v) is 4.32. The Kier molecular flexibility index (Phi) is 2.90. The van der Waals surface area contributed by atoms with Crippen LogP contribution in [0.25, 0.3) is 22.6 Å². The van der Waals surface area contributed by atoms with Gasteiger partial charge in [0, 0.05) is 17.8 Å². The summed E-state index contributed by atoms with van der Waals surface area (Å²) in [6.45, 7) is 2.45. The molecule has 1 aromatic carbocycles. The Labute approximate surface area is 115 Å². The normalized spacial score (nSPS) is 10.8. The van der Waals surface area contributed by atoms with Crippen LogP contribution in [0.1, 0.15) is 6.92 Å². The second kappa shape index (κ2) is 4.73. The number of imidazole rings is 1. The quantitative estimate of drug-likeness (QED) is 0.634. The first-order valence-corrected chi connectivity index (χ1v) is 6.26. The van der Waals surface area contributed by atoms with Crippen LogP contribution in [0.2, 0.25) is 0 Å². The molecule has 3 rings (SSSR count). The van der Waals surface area contributed by atoms with Crippen molar-refractivity contribution < 1.29 is 9.84 Å². The maximum atomic E-state index is 9.92. The number of hydrogen-bond donors (Lipinski definition) is 3. The summed E-state index contributed by atoms with van der Waals surface area (Å²) in [5.74, 6) is 1.15. The lowest BCUT2D eigenvalue weighted by molar-refractivity contribution is 0.328. The Morgan fingerprint density at radius 2 is 2.10 bits per heavy atom. The van der Waals surface area contributed by atoms with Crippen LogP contribution >= 0.6 is 0 Å². The molecule has 0 aliphatic heterocycles. The molecule has 0 saturated carbocycles. The lowest BCUT2D eigenvalue weighted by atomic mass is 10.2.